The lowest BCUT2D eigenvalue weighted by Crippen LogP contribution is -2.41. The Hall–Kier alpha value is -0.0800. The van der Waals surface area contributed by atoms with Gasteiger partial charge in [0, 0.05) is 19.2 Å². The maximum Gasteiger partial charge on any atom is 0.0576 e. The van der Waals surface area contributed by atoms with Crippen LogP contribution in [0.4, 0.5) is 0 Å². The highest BCUT2D eigenvalue weighted by Crippen LogP contribution is 2.58. The third-order valence-electron chi connectivity index (χ3n) is 6.19. The van der Waals surface area contributed by atoms with Crippen LogP contribution < -0.4 is 5.32 Å². The van der Waals surface area contributed by atoms with Crippen LogP contribution in [0.2, 0.25) is 0 Å². The minimum Gasteiger partial charge on any atom is -0.378 e. The van der Waals surface area contributed by atoms with Crippen LogP contribution in [-0.4, -0.2) is 25.3 Å². The van der Waals surface area contributed by atoms with Crippen molar-refractivity contribution in [3.63, 3.8) is 0 Å². The van der Waals surface area contributed by atoms with E-state index in [4.69, 9.17) is 4.74 Å². The van der Waals surface area contributed by atoms with Gasteiger partial charge in [0.2, 0.25) is 0 Å². The Morgan fingerprint density at radius 1 is 1.25 bits per heavy atom. The summed E-state index contributed by atoms with van der Waals surface area (Å²) in [6.45, 7) is 6.84. The summed E-state index contributed by atoms with van der Waals surface area (Å²) in [7, 11) is 0. The molecule has 2 aliphatic carbocycles. The lowest BCUT2D eigenvalue weighted by atomic mass is 9.69. The summed E-state index contributed by atoms with van der Waals surface area (Å²) < 4.78 is 5.80. The van der Waals surface area contributed by atoms with Crippen molar-refractivity contribution in [3.8, 4) is 0 Å². The molecule has 4 unspecified atom stereocenters. The van der Waals surface area contributed by atoms with E-state index in [1.165, 1.54) is 64.3 Å². The first-order valence-electron chi connectivity index (χ1n) is 9.03. The fourth-order valence-corrected chi connectivity index (χ4v) is 5.13. The van der Waals surface area contributed by atoms with Gasteiger partial charge in [-0.3, -0.25) is 0 Å². The standard InChI is InChI=1S/C18H33NO/c1-14(2)19-13-18(12-15-7-8-16(18)11-15)9-3-5-17-6-4-10-20-17/h14-17,19H,3-13H2,1-2H3. The van der Waals surface area contributed by atoms with E-state index in [1.807, 2.05) is 0 Å². The first-order valence-corrected chi connectivity index (χ1v) is 9.03. The van der Waals surface area contributed by atoms with Gasteiger partial charge in [-0.2, -0.15) is 0 Å². The van der Waals surface area contributed by atoms with E-state index >= 15 is 0 Å². The molecule has 0 radical (unpaired) electrons. The lowest BCUT2D eigenvalue weighted by molar-refractivity contribution is 0.0874. The van der Waals surface area contributed by atoms with Gasteiger partial charge in [-0.15, -0.1) is 0 Å². The van der Waals surface area contributed by atoms with Crippen LogP contribution in [0.5, 0.6) is 0 Å². The molecule has 3 rings (SSSR count). The van der Waals surface area contributed by atoms with Gasteiger partial charge in [-0.25, -0.2) is 0 Å². The van der Waals surface area contributed by atoms with Gasteiger partial charge in [0.15, 0.2) is 0 Å². The molecule has 2 bridgehead atoms. The van der Waals surface area contributed by atoms with Crippen molar-refractivity contribution in [2.45, 2.75) is 83.8 Å². The van der Waals surface area contributed by atoms with Crippen LogP contribution >= 0.6 is 0 Å². The maximum absolute atomic E-state index is 5.80. The second-order valence-corrected chi connectivity index (χ2v) is 8.01. The monoisotopic (exact) mass is 279 g/mol. The van der Waals surface area contributed by atoms with Gasteiger partial charge in [0.1, 0.15) is 0 Å². The molecule has 116 valence electrons. The third-order valence-corrected chi connectivity index (χ3v) is 6.19. The quantitative estimate of drug-likeness (QED) is 0.756. The summed E-state index contributed by atoms with van der Waals surface area (Å²) in [5.74, 6) is 2.07. The number of fused-ring (bicyclic) bond motifs is 2. The van der Waals surface area contributed by atoms with Crippen molar-refractivity contribution in [1.29, 1.82) is 0 Å². The average molecular weight is 279 g/mol. The van der Waals surface area contributed by atoms with E-state index in [-0.39, 0.29) is 0 Å². The molecule has 0 aromatic heterocycles. The Bertz CT molecular complexity index is 311. The predicted octanol–water partition coefficient (Wildman–Crippen LogP) is 4.14. The van der Waals surface area contributed by atoms with Gasteiger partial charge < -0.3 is 10.1 Å². The SMILES string of the molecule is CC(C)NCC1(CCCC2CCCO2)CC2CCC1C2. The van der Waals surface area contributed by atoms with Gasteiger partial charge in [-0.05, 0) is 62.2 Å². The summed E-state index contributed by atoms with van der Waals surface area (Å²) in [5.41, 5.74) is 0.631. The highest BCUT2D eigenvalue weighted by Gasteiger charge is 2.49. The molecule has 0 aromatic rings. The molecule has 3 fully saturated rings. The minimum atomic E-state index is 0.587. The van der Waals surface area contributed by atoms with Crippen molar-refractivity contribution in [1.82, 2.24) is 5.32 Å². The molecule has 1 aliphatic heterocycles. The fraction of sp³-hybridized carbons (Fsp3) is 1.00. The molecule has 1 N–H and O–H groups in total. The van der Waals surface area contributed by atoms with Crippen molar-refractivity contribution in [3.05, 3.63) is 0 Å². The van der Waals surface area contributed by atoms with Crippen LogP contribution in [0.25, 0.3) is 0 Å². The molecule has 0 aromatic carbocycles. The number of hydrogen-bond acceptors (Lipinski definition) is 2. The van der Waals surface area contributed by atoms with Crippen molar-refractivity contribution in [2.24, 2.45) is 17.3 Å². The second kappa shape index (κ2) is 6.36. The zero-order chi connectivity index (χ0) is 14.0. The molecular formula is C18H33NO. The first-order chi connectivity index (χ1) is 9.68. The summed E-state index contributed by atoms with van der Waals surface area (Å²) in [6.07, 6.45) is 13.4. The number of hydrogen-bond donors (Lipinski definition) is 1. The van der Waals surface area contributed by atoms with E-state index in [9.17, 15) is 0 Å². The highest BCUT2D eigenvalue weighted by atomic mass is 16.5. The van der Waals surface area contributed by atoms with Crippen LogP contribution in [0.1, 0.15) is 71.6 Å². The predicted molar refractivity (Wildman–Crippen MR) is 83.8 cm³/mol. The molecule has 2 nitrogen and oxygen atoms in total. The van der Waals surface area contributed by atoms with Gasteiger partial charge in [-0.1, -0.05) is 26.7 Å². The van der Waals surface area contributed by atoms with Crippen LogP contribution in [0, 0.1) is 17.3 Å². The molecule has 3 aliphatic rings. The highest BCUT2D eigenvalue weighted by molar-refractivity contribution is 5.01. The van der Waals surface area contributed by atoms with Gasteiger partial charge >= 0.3 is 0 Å². The average Bonchev–Trinajstić information content (AvgIpc) is 3.13. The van der Waals surface area contributed by atoms with E-state index in [2.05, 4.69) is 19.2 Å². The van der Waals surface area contributed by atoms with E-state index in [0.717, 1.165) is 18.4 Å². The van der Waals surface area contributed by atoms with E-state index < -0.39 is 0 Å². The Balaban J connectivity index is 1.52. The molecule has 4 atom stereocenters. The Morgan fingerprint density at radius 2 is 2.15 bits per heavy atom. The van der Waals surface area contributed by atoms with Crippen molar-refractivity contribution in [2.75, 3.05) is 13.2 Å². The summed E-state index contributed by atoms with van der Waals surface area (Å²) in [5, 5.41) is 3.76. The summed E-state index contributed by atoms with van der Waals surface area (Å²) in [4.78, 5) is 0. The zero-order valence-corrected chi connectivity index (χ0v) is 13.5. The molecule has 0 spiro atoms. The molecule has 1 saturated heterocycles. The van der Waals surface area contributed by atoms with Crippen molar-refractivity contribution < 1.29 is 4.74 Å². The summed E-state index contributed by atoms with van der Waals surface area (Å²) >= 11 is 0. The number of rotatable bonds is 7. The number of ether oxygens (including phenoxy) is 1. The van der Waals surface area contributed by atoms with Crippen LogP contribution in [-0.2, 0) is 4.74 Å². The Labute approximate surface area is 125 Å². The topological polar surface area (TPSA) is 21.3 Å². The number of nitrogens with one attached hydrogen (secondary N) is 1. The largest absolute Gasteiger partial charge is 0.378 e. The van der Waals surface area contributed by atoms with E-state index in [0.29, 0.717) is 17.6 Å². The zero-order valence-electron chi connectivity index (χ0n) is 13.5. The molecular weight excluding hydrogens is 246 g/mol. The smallest absolute Gasteiger partial charge is 0.0576 e. The lowest BCUT2D eigenvalue weighted by Gasteiger charge is -2.39. The Morgan fingerprint density at radius 3 is 2.75 bits per heavy atom. The fourth-order valence-electron chi connectivity index (χ4n) is 5.13. The van der Waals surface area contributed by atoms with Crippen LogP contribution in [0.15, 0.2) is 0 Å². The molecule has 2 heteroatoms. The molecule has 20 heavy (non-hydrogen) atoms. The molecule has 0 amide bonds. The van der Waals surface area contributed by atoms with E-state index in [1.54, 1.807) is 0 Å². The van der Waals surface area contributed by atoms with Gasteiger partial charge in [0.25, 0.3) is 0 Å². The second-order valence-electron chi connectivity index (χ2n) is 8.01. The van der Waals surface area contributed by atoms with Crippen molar-refractivity contribution >= 4 is 0 Å². The maximum atomic E-state index is 5.80. The minimum absolute atomic E-state index is 0.587. The molecule has 1 heterocycles. The molecule has 2 saturated carbocycles. The van der Waals surface area contributed by atoms with Crippen LogP contribution in [0.3, 0.4) is 0 Å². The van der Waals surface area contributed by atoms with Gasteiger partial charge in [0.05, 0.1) is 6.10 Å². The first kappa shape index (κ1) is 14.8. The normalized spacial score (nSPS) is 40.0. The summed E-state index contributed by atoms with van der Waals surface area (Å²) in [6, 6.07) is 0.629. The third kappa shape index (κ3) is 3.22. The Kier molecular flexibility index (Phi) is 4.72.